The van der Waals surface area contributed by atoms with Crippen LogP contribution in [0.4, 0.5) is 15.8 Å². The van der Waals surface area contributed by atoms with Crippen LogP contribution in [0, 0.1) is 17.1 Å². The van der Waals surface area contributed by atoms with Crippen molar-refractivity contribution in [1.82, 2.24) is 10.2 Å². The Bertz CT molecular complexity index is 1810. The first-order chi connectivity index (χ1) is 21.9. The first kappa shape index (κ1) is 30.0. The maximum absolute atomic E-state index is 14.5. The van der Waals surface area contributed by atoms with Gasteiger partial charge in [-0.1, -0.05) is 42.5 Å². The summed E-state index contributed by atoms with van der Waals surface area (Å²) in [6, 6.07) is 24.1. The molecule has 0 spiro atoms. The molecule has 4 aromatic rings. The van der Waals surface area contributed by atoms with Crippen LogP contribution in [0.15, 0.2) is 72.8 Å². The summed E-state index contributed by atoms with van der Waals surface area (Å²) >= 11 is 0. The molecule has 0 aromatic heterocycles. The number of hydrogen-bond acceptors (Lipinski definition) is 6. The van der Waals surface area contributed by atoms with Crippen LogP contribution >= 0.6 is 0 Å². The summed E-state index contributed by atoms with van der Waals surface area (Å²) in [5.74, 6) is -0.873. The van der Waals surface area contributed by atoms with E-state index in [0.717, 1.165) is 47.8 Å². The lowest BCUT2D eigenvalue weighted by atomic mass is 9.95. The van der Waals surface area contributed by atoms with Gasteiger partial charge in [-0.25, -0.2) is 4.39 Å². The van der Waals surface area contributed by atoms with Crippen LogP contribution in [0.1, 0.15) is 45.5 Å². The highest BCUT2D eigenvalue weighted by Gasteiger charge is 2.38. The number of carbonyl (C=O) groups excluding carboxylic acids is 3. The third kappa shape index (κ3) is 5.89. The predicted octanol–water partition coefficient (Wildman–Crippen LogP) is 4.82. The molecule has 2 aliphatic heterocycles. The highest BCUT2D eigenvalue weighted by atomic mass is 19.1. The lowest BCUT2D eigenvalue weighted by molar-refractivity contribution is -0.122. The number of hydrogen-bond donors (Lipinski definition) is 1. The van der Waals surface area contributed by atoms with Crippen molar-refractivity contribution in [1.29, 1.82) is 5.26 Å². The van der Waals surface area contributed by atoms with Gasteiger partial charge >= 0.3 is 0 Å². The average molecular weight is 604 g/mol. The van der Waals surface area contributed by atoms with Gasteiger partial charge in [0.1, 0.15) is 18.1 Å². The monoisotopic (exact) mass is 603 g/mol. The summed E-state index contributed by atoms with van der Waals surface area (Å²) in [6.45, 7) is 3.86. The van der Waals surface area contributed by atoms with E-state index in [4.69, 9.17) is 5.26 Å². The zero-order chi connectivity index (χ0) is 31.5. The van der Waals surface area contributed by atoms with E-state index in [1.807, 2.05) is 35.2 Å². The van der Waals surface area contributed by atoms with Gasteiger partial charge < -0.3 is 15.0 Å². The molecule has 0 saturated carbocycles. The van der Waals surface area contributed by atoms with Gasteiger partial charge in [0.2, 0.25) is 5.91 Å². The number of aldehydes is 1. The number of anilines is 2. The van der Waals surface area contributed by atoms with Crippen molar-refractivity contribution >= 4 is 40.2 Å². The molecule has 0 radical (unpaired) electrons. The summed E-state index contributed by atoms with van der Waals surface area (Å²) in [5.41, 5.74) is 5.58. The Morgan fingerprint density at radius 2 is 1.73 bits per heavy atom. The van der Waals surface area contributed by atoms with Crippen molar-refractivity contribution in [2.45, 2.75) is 31.8 Å². The lowest BCUT2D eigenvalue weighted by Crippen LogP contribution is -2.47. The highest BCUT2D eigenvalue weighted by Crippen LogP contribution is 2.41. The van der Waals surface area contributed by atoms with E-state index < -0.39 is 6.04 Å². The standard InChI is InChI=1S/C36H34FN5O3/c1-39-35(44)33(6-3-19-43)42-32-14-12-27(28-4-2-5-29(34(28)32)36(42)45)20-24-7-9-25(10-8-24)23-40-15-17-41(18-16-40)31-13-11-26(22-38)21-30(31)37/h2,4-5,7-14,19,21,33H,3,6,15-18,20,23H2,1H3,(H,39,44). The summed E-state index contributed by atoms with van der Waals surface area (Å²) in [5, 5.41) is 13.5. The van der Waals surface area contributed by atoms with Gasteiger partial charge in [-0.15, -0.1) is 0 Å². The molecule has 6 rings (SSSR count). The maximum Gasteiger partial charge on any atom is 0.259 e. The third-order valence-corrected chi connectivity index (χ3v) is 8.85. The van der Waals surface area contributed by atoms with E-state index in [-0.39, 0.29) is 30.5 Å². The molecule has 45 heavy (non-hydrogen) atoms. The Balaban J connectivity index is 1.14. The number of nitriles is 1. The van der Waals surface area contributed by atoms with Crippen molar-refractivity contribution < 1.29 is 18.8 Å². The fourth-order valence-electron chi connectivity index (χ4n) is 6.52. The number of carbonyl (C=O) groups is 3. The number of halogens is 1. The Morgan fingerprint density at radius 1 is 1.00 bits per heavy atom. The Labute approximate surface area is 261 Å². The number of piperazine rings is 1. The van der Waals surface area contributed by atoms with Crippen LogP contribution in [0.5, 0.6) is 0 Å². The van der Waals surface area contributed by atoms with Gasteiger partial charge in [0.15, 0.2) is 0 Å². The van der Waals surface area contributed by atoms with Crippen molar-refractivity contribution in [3.05, 3.63) is 106 Å². The fourth-order valence-corrected chi connectivity index (χ4v) is 6.52. The molecule has 1 N–H and O–H groups in total. The normalized spacial score (nSPS) is 15.3. The first-order valence-electron chi connectivity index (χ1n) is 15.2. The van der Waals surface area contributed by atoms with Crippen molar-refractivity contribution in [3.8, 4) is 6.07 Å². The molecule has 9 heteroatoms. The molecule has 1 saturated heterocycles. The molecule has 1 atom stereocenters. The van der Waals surface area contributed by atoms with Gasteiger partial charge in [0.25, 0.3) is 5.91 Å². The number of amides is 2. The first-order valence-corrected chi connectivity index (χ1v) is 15.2. The molecule has 228 valence electrons. The molecule has 1 unspecified atom stereocenters. The zero-order valence-corrected chi connectivity index (χ0v) is 25.1. The van der Waals surface area contributed by atoms with E-state index in [2.05, 4.69) is 34.5 Å². The largest absolute Gasteiger partial charge is 0.367 e. The van der Waals surface area contributed by atoms with E-state index in [1.165, 1.54) is 18.7 Å². The van der Waals surface area contributed by atoms with Crippen molar-refractivity contribution in [2.24, 2.45) is 0 Å². The molecule has 0 bridgehead atoms. The van der Waals surface area contributed by atoms with Gasteiger partial charge in [-0.2, -0.15) is 5.26 Å². The van der Waals surface area contributed by atoms with Gasteiger partial charge in [-0.05, 0) is 65.3 Å². The van der Waals surface area contributed by atoms with Crippen molar-refractivity contribution in [3.63, 3.8) is 0 Å². The Morgan fingerprint density at radius 3 is 2.42 bits per heavy atom. The molecule has 0 aliphatic carbocycles. The molecule has 2 amide bonds. The molecule has 8 nitrogen and oxygen atoms in total. The van der Waals surface area contributed by atoms with Crippen LogP contribution in [0.3, 0.4) is 0 Å². The van der Waals surface area contributed by atoms with Crippen LogP contribution in [-0.4, -0.2) is 62.3 Å². The second-order valence-corrected chi connectivity index (χ2v) is 11.6. The molecular weight excluding hydrogens is 569 g/mol. The topological polar surface area (TPSA) is 96.8 Å². The lowest BCUT2D eigenvalue weighted by Gasteiger charge is -2.36. The average Bonchev–Trinajstić information content (AvgIpc) is 3.35. The zero-order valence-electron chi connectivity index (χ0n) is 25.1. The van der Waals surface area contributed by atoms with Crippen molar-refractivity contribution in [2.75, 3.05) is 43.0 Å². The summed E-state index contributed by atoms with van der Waals surface area (Å²) in [6.07, 6.45) is 1.90. The number of nitrogens with zero attached hydrogens (tertiary/aromatic N) is 4. The van der Waals surface area contributed by atoms with Crippen LogP contribution < -0.4 is 15.1 Å². The number of likely N-dealkylation sites (N-methyl/N-ethyl adjacent to an activating group) is 1. The Hall–Kier alpha value is -5.07. The quantitative estimate of drug-likeness (QED) is 0.261. The molecule has 2 aliphatic rings. The number of nitrogens with one attached hydrogen (secondary N) is 1. The minimum Gasteiger partial charge on any atom is -0.367 e. The SMILES string of the molecule is CNC(=O)C(CCC=O)N1C(=O)c2cccc3c(Cc4ccc(CN5CCN(c6ccc(C#N)cc6F)CC5)cc4)ccc1c23. The second kappa shape index (κ2) is 12.9. The highest BCUT2D eigenvalue weighted by molar-refractivity contribution is 6.27. The minimum atomic E-state index is -0.762. The van der Waals surface area contributed by atoms with Gasteiger partial charge in [0, 0.05) is 57.1 Å². The fraction of sp³-hybridized carbons (Fsp3) is 0.278. The number of benzene rings is 4. The van der Waals surface area contributed by atoms with Crippen LogP contribution in [0.2, 0.25) is 0 Å². The smallest absolute Gasteiger partial charge is 0.259 e. The van der Waals surface area contributed by atoms with Crippen LogP contribution in [-0.2, 0) is 22.6 Å². The predicted molar refractivity (Wildman–Crippen MR) is 172 cm³/mol. The van der Waals surface area contributed by atoms with E-state index in [9.17, 15) is 18.8 Å². The number of rotatable bonds is 10. The molecule has 2 heterocycles. The van der Waals surface area contributed by atoms with Gasteiger partial charge in [-0.3, -0.25) is 19.4 Å². The summed E-state index contributed by atoms with van der Waals surface area (Å²) in [4.78, 5) is 43.3. The third-order valence-electron chi connectivity index (χ3n) is 8.85. The molecule has 1 fully saturated rings. The minimum absolute atomic E-state index is 0.185. The van der Waals surface area contributed by atoms with E-state index in [0.29, 0.717) is 42.0 Å². The molecular formula is C36H34FN5O3. The maximum atomic E-state index is 14.5. The summed E-state index contributed by atoms with van der Waals surface area (Å²) in [7, 11) is 1.54. The van der Waals surface area contributed by atoms with E-state index in [1.54, 1.807) is 23.1 Å². The van der Waals surface area contributed by atoms with Gasteiger partial charge in [0.05, 0.1) is 23.0 Å². The van der Waals surface area contributed by atoms with E-state index >= 15 is 0 Å². The Kier molecular flexibility index (Phi) is 8.58. The summed E-state index contributed by atoms with van der Waals surface area (Å²) < 4.78 is 14.5. The molecule has 4 aromatic carbocycles. The van der Waals surface area contributed by atoms with Crippen LogP contribution in [0.25, 0.3) is 10.8 Å². The second-order valence-electron chi connectivity index (χ2n) is 11.6.